The fourth-order valence-electron chi connectivity index (χ4n) is 3.99. The first-order chi connectivity index (χ1) is 7.99. The third kappa shape index (κ3) is 1.65. The van der Waals surface area contributed by atoms with Crippen LogP contribution in [0.4, 0.5) is 0 Å². The summed E-state index contributed by atoms with van der Waals surface area (Å²) in [5, 5.41) is 0. The Morgan fingerprint density at radius 1 is 1.47 bits per heavy atom. The topological polar surface area (TPSA) is 26.3 Å². The van der Waals surface area contributed by atoms with Crippen molar-refractivity contribution in [3.8, 4) is 0 Å². The predicted molar refractivity (Wildman–Crippen MR) is 66.3 cm³/mol. The molecule has 0 aromatic heterocycles. The van der Waals surface area contributed by atoms with Crippen LogP contribution in [0.15, 0.2) is 23.8 Å². The van der Waals surface area contributed by atoms with Gasteiger partial charge in [-0.3, -0.25) is 0 Å². The maximum atomic E-state index is 11.8. The van der Waals surface area contributed by atoms with Gasteiger partial charge in [-0.2, -0.15) is 0 Å². The summed E-state index contributed by atoms with van der Waals surface area (Å²) in [4.78, 5) is 11.8. The molecule has 3 rings (SSSR count). The number of carbonyl (C=O) groups is 1. The van der Waals surface area contributed by atoms with Crippen LogP contribution in [0.2, 0.25) is 0 Å². The van der Waals surface area contributed by atoms with Crippen LogP contribution in [0.25, 0.3) is 0 Å². The molecule has 3 aliphatic rings. The predicted octanol–water partition coefficient (Wildman–Crippen LogP) is 3.24. The lowest BCUT2D eigenvalue weighted by molar-refractivity contribution is -0.156. The van der Waals surface area contributed by atoms with Gasteiger partial charge in [0, 0.05) is 5.57 Å². The first-order valence-corrected chi connectivity index (χ1v) is 6.58. The average Bonchev–Trinajstić information content (AvgIpc) is 2.42. The summed E-state index contributed by atoms with van der Waals surface area (Å²) in [6, 6.07) is 0. The smallest absolute Gasteiger partial charge is 0.333 e. The highest BCUT2D eigenvalue weighted by atomic mass is 16.6. The van der Waals surface area contributed by atoms with E-state index in [9.17, 15) is 4.79 Å². The summed E-state index contributed by atoms with van der Waals surface area (Å²) in [7, 11) is 0. The van der Waals surface area contributed by atoms with Gasteiger partial charge in [0.05, 0.1) is 0 Å². The van der Waals surface area contributed by atoms with E-state index in [1.807, 2.05) is 0 Å². The number of fused-ring (bicyclic) bond motifs is 1. The summed E-state index contributed by atoms with van der Waals surface area (Å²) in [5.74, 6) is 1.81. The van der Waals surface area contributed by atoms with Gasteiger partial charge in [-0.05, 0) is 50.4 Å². The number of rotatable bonds is 2. The van der Waals surface area contributed by atoms with Crippen molar-refractivity contribution in [2.45, 2.75) is 45.1 Å². The SMILES string of the molecule is C=C(C)C(=O)OC12CC(C)C=C3CC(C1)C3C2. The summed E-state index contributed by atoms with van der Waals surface area (Å²) in [5.41, 5.74) is 1.94. The minimum Gasteiger partial charge on any atom is -0.456 e. The Morgan fingerprint density at radius 3 is 2.94 bits per heavy atom. The molecule has 4 unspecified atom stereocenters. The number of hydrogen-bond acceptors (Lipinski definition) is 2. The molecule has 0 aromatic carbocycles. The van der Waals surface area contributed by atoms with Gasteiger partial charge in [0.2, 0.25) is 0 Å². The number of ether oxygens (including phenoxy) is 1. The molecule has 2 nitrogen and oxygen atoms in total. The van der Waals surface area contributed by atoms with Crippen molar-refractivity contribution >= 4 is 5.97 Å². The Morgan fingerprint density at radius 2 is 2.24 bits per heavy atom. The number of carbonyl (C=O) groups excluding carboxylic acids is 1. The molecule has 92 valence electrons. The monoisotopic (exact) mass is 232 g/mol. The molecule has 0 N–H and O–H groups in total. The first kappa shape index (κ1) is 11.1. The number of esters is 1. The van der Waals surface area contributed by atoms with Crippen LogP contribution >= 0.6 is 0 Å². The third-order valence-electron chi connectivity index (χ3n) is 4.62. The van der Waals surface area contributed by atoms with E-state index in [-0.39, 0.29) is 11.6 Å². The van der Waals surface area contributed by atoms with Crippen molar-refractivity contribution in [2.75, 3.05) is 0 Å². The fourth-order valence-corrected chi connectivity index (χ4v) is 3.99. The van der Waals surface area contributed by atoms with Gasteiger partial charge in [-0.15, -0.1) is 0 Å². The standard InChI is InChI=1S/C15H20O2/c1-9(2)14(16)17-15-6-10(3)4-11-5-12(7-15)13(11)8-15/h4,10,12-13H,1,5-8H2,2-3H3. The van der Waals surface area contributed by atoms with Gasteiger partial charge in [-0.1, -0.05) is 25.2 Å². The van der Waals surface area contributed by atoms with Crippen molar-refractivity contribution in [2.24, 2.45) is 17.8 Å². The van der Waals surface area contributed by atoms with Crippen molar-refractivity contribution < 1.29 is 9.53 Å². The molecule has 0 aliphatic heterocycles. The summed E-state index contributed by atoms with van der Waals surface area (Å²) in [6.07, 6.45) is 6.76. The molecule has 2 bridgehead atoms. The van der Waals surface area contributed by atoms with Crippen LogP contribution in [0.1, 0.15) is 39.5 Å². The molecule has 17 heavy (non-hydrogen) atoms. The third-order valence-corrected chi connectivity index (χ3v) is 4.62. The normalized spacial score (nSPS) is 42.2. The van der Waals surface area contributed by atoms with Gasteiger partial charge in [0.25, 0.3) is 0 Å². The second kappa shape index (κ2) is 3.47. The van der Waals surface area contributed by atoms with E-state index in [2.05, 4.69) is 19.6 Å². The Balaban J connectivity index is 1.84. The minimum atomic E-state index is -0.207. The van der Waals surface area contributed by atoms with E-state index in [0.29, 0.717) is 17.4 Å². The number of allylic oxidation sites excluding steroid dienone is 2. The average molecular weight is 232 g/mol. The van der Waals surface area contributed by atoms with Crippen molar-refractivity contribution in [1.82, 2.24) is 0 Å². The van der Waals surface area contributed by atoms with E-state index in [1.54, 1.807) is 12.5 Å². The fraction of sp³-hybridized carbons (Fsp3) is 0.667. The lowest BCUT2D eigenvalue weighted by atomic mass is 9.70. The molecule has 2 heteroatoms. The molecule has 2 fully saturated rings. The molecule has 0 aromatic rings. The van der Waals surface area contributed by atoms with E-state index >= 15 is 0 Å². The summed E-state index contributed by atoms with van der Waals surface area (Å²) >= 11 is 0. The first-order valence-electron chi connectivity index (χ1n) is 6.58. The molecule has 0 heterocycles. The van der Waals surface area contributed by atoms with E-state index in [1.165, 1.54) is 6.42 Å². The van der Waals surface area contributed by atoms with Crippen molar-refractivity contribution in [1.29, 1.82) is 0 Å². The largest absolute Gasteiger partial charge is 0.456 e. The van der Waals surface area contributed by atoms with Gasteiger partial charge >= 0.3 is 5.97 Å². The van der Waals surface area contributed by atoms with Gasteiger partial charge in [0.15, 0.2) is 0 Å². The van der Waals surface area contributed by atoms with Crippen LogP contribution in [-0.4, -0.2) is 11.6 Å². The summed E-state index contributed by atoms with van der Waals surface area (Å²) < 4.78 is 5.81. The van der Waals surface area contributed by atoms with Crippen molar-refractivity contribution in [3.63, 3.8) is 0 Å². The van der Waals surface area contributed by atoms with Gasteiger partial charge in [-0.25, -0.2) is 4.79 Å². The zero-order valence-electron chi connectivity index (χ0n) is 10.7. The molecule has 0 radical (unpaired) electrons. The molecule has 0 amide bonds. The number of hydrogen-bond donors (Lipinski definition) is 0. The highest BCUT2D eigenvalue weighted by Gasteiger charge is 2.55. The van der Waals surface area contributed by atoms with Crippen LogP contribution < -0.4 is 0 Å². The van der Waals surface area contributed by atoms with E-state index in [4.69, 9.17) is 4.74 Å². The molecule has 0 saturated heterocycles. The molecule has 0 spiro atoms. The van der Waals surface area contributed by atoms with E-state index in [0.717, 1.165) is 25.2 Å². The molecule has 3 aliphatic carbocycles. The van der Waals surface area contributed by atoms with Crippen molar-refractivity contribution in [3.05, 3.63) is 23.8 Å². The van der Waals surface area contributed by atoms with Crippen LogP contribution in [-0.2, 0) is 9.53 Å². The molecular weight excluding hydrogens is 212 g/mol. The maximum absolute atomic E-state index is 11.8. The van der Waals surface area contributed by atoms with Gasteiger partial charge in [0.1, 0.15) is 5.60 Å². The van der Waals surface area contributed by atoms with Crippen LogP contribution in [0.3, 0.4) is 0 Å². The van der Waals surface area contributed by atoms with E-state index < -0.39 is 0 Å². The van der Waals surface area contributed by atoms with Gasteiger partial charge < -0.3 is 4.74 Å². The molecular formula is C15H20O2. The lowest BCUT2D eigenvalue weighted by Crippen LogP contribution is -2.34. The van der Waals surface area contributed by atoms with Crippen LogP contribution in [0.5, 0.6) is 0 Å². The summed E-state index contributed by atoms with van der Waals surface area (Å²) in [6.45, 7) is 7.65. The second-order valence-corrected chi connectivity index (χ2v) is 6.25. The highest BCUT2D eigenvalue weighted by molar-refractivity contribution is 5.87. The maximum Gasteiger partial charge on any atom is 0.333 e. The molecule has 4 atom stereocenters. The Bertz CT molecular complexity index is 421. The molecule has 2 saturated carbocycles. The Hall–Kier alpha value is -1.05. The minimum absolute atomic E-state index is 0.195. The second-order valence-electron chi connectivity index (χ2n) is 6.25. The zero-order chi connectivity index (χ0) is 12.2. The Labute approximate surface area is 103 Å². The Kier molecular flexibility index (Phi) is 2.26. The quantitative estimate of drug-likeness (QED) is 0.415. The highest BCUT2D eigenvalue weighted by Crippen LogP contribution is 2.59. The van der Waals surface area contributed by atoms with Crippen LogP contribution in [0, 0.1) is 17.8 Å². The lowest BCUT2D eigenvalue weighted by Gasteiger charge is -2.36. The zero-order valence-corrected chi connectivity index (χ0v) is 10.7.